The number of hydrogen-bond donors (Lipinski definition) is 4. The lowest BCUT2D eigenvalue weighted by atomic mass is 10.1. The minimum atomic E-state index is -0.735. The molecule has 0 radical (unpaired) electrons. The van der Waals surface area contributed by atoms with Crippen molar-refractivity contribution in [1.82, 2.24) is 9.97 Å². The van der Waals surface area contributed by atoms with E-state index in [-0.39, 0.29) is 28.9 Å². The Hall–Kier alpha value is -2.68. The molecule has 9 heteroatoms. The number of benzene rings is 1. The quantitative estimate of drug-likeness (QED) is 0.456. The van der Waals surface area contributed by atoms with Gasteiger partial charge in [-0.3, -0.25) is 19.9 Å². The van der Waals surface area contributed by atoms with Gasteiger partial charge in [0.2, 0.25) is 0 Å². The minimum absolute atomic E-state index is 0.0765. The van der Waals surface area contributed by atoms with Crippen LogP contribution < -0.4 is 16.6 Å². The van der Waals surface area contributed by atoms with Crippen LogP contribution in [0.25, 0.3) is 10.9 Å². The number of nitrogens with one attached hydrogen (secondary N) is 3. The van der Waals surface area contributed by atoms with E-state index in [2.05, 4.69) is 10.3 Å². The summed E-state index contributed by atoms with van der Waals surface area (Å²) in [7, 11) is 0. The maximum atomic E-state index is 11.7. The Morgan fingerprint density at radius 3 is 2.70 bits per heavy atom. The molecule has 0 aliphatic carbocycles. The van der Waals surface area contributed by atoms with E-state index in [1.807, 2.05) is 4.98 Å². The van der Waals surface area contributed by atoms with Gasteiger partial charge in [-0.15, -0.1) is 0 Å². The number of aromatic nitrogens is 2. The Kier molecular flexibility index (Phi) is 3.53. The predicted molar refractivity (Wildman–Crippen MR) is 72.0 cm³/mol. The number of H-pyrrole nitrogens is 2. The normalized spacial score (nSPS) is 12.3. The van der Waals surface area contributed by atoms with Gasteiger partial charge in [0, 0.05) is 12.1 Å². The van der Waals surface area contributed by atoms with Gasteiger partial charge in [0.1, 0.15) is 5.69 Å². The molecule has 1 aromatic heterocycles. The molecule has 0 spiro atoms. The van der Waals surface area contributed by atoms with Crippen molar-refractivity contribution >= 4 is 22.3 Å². The Morgan fingerprint density at radius 1 is 1.40 bits per heavy atom. The number of hydrogen-bond acceptors (Lipinski definition) is 6. The molecule has 9 nitrogen and oxygen atoms in total. The fraction of sp³-hybridized carbons (Fsp3) is 0.273. The van der Waals surface area contributed by atoms with Crippen LogP contribution in [0.2, 0.25) is 0 Å². The molecule has 0 fully saturated rings. The lowest BCUT2D eigenvalue weighted by Gasteiger charge is -2.12. The second kappa shape index (κ2) is 5.13. The van der Waals surface area contributed by atoms with Crippen LogP contribution in [0.1, 0.15) is 6.92 Å². The molecule has 1 atom stereocenters. The summed E-state index contributed by atoms with van der Waals surface area (Å²) < 4.78 is 0. The summed E-state index contributed by atoms with van der Waals surface area (Å²) in [6, 6.07) is 1.96. The van der Waals surface area contributed by atoms with E-state index in [1.165, 1.54) is 6.07 Å². The fourth-order valence-electron chi connectivity index (χ4n) is 1.78. The number of fused-ring (bicyclic) bond motifs is 1. The SMILES string of the molecule is CC(CO)Nc1cc2c(=O)[nH]c(=O)[nH]c2cc1[N+](=O)[O-]. The lowest BCUT2D eigenvalue weighted by molar-refractivity contribution is -0.383. The van der Waals surface area contributed by atoms with Crippen LogP contribution in [0.15, 0.2) is 21.7 Å². The van der Waals surface area contributed by atoms with Crippen molar-refractivity contribution < 1.29 is 10.0 Å². The largest absolute Gasteiger partial charge is 0.394 e. The average molecular weight is 280 g/mol. The van der Waals surface area contributed by atoms with Crippen LogP contribution in [-0.4, -0.2) is 32.6 Å². The van der Waals surface area contributed by atoms with Gasteiger partial charge in [-0.25, -0.2) is 4.79 Å². The van der Waals surface area contributed by atoms with Gasteiger partial charge >= 0.3 is 5.69 Å². The van der Waals surface area contributed by atoms with E-state index < -0.39 is 22.2 Å². The number of aromatic amines is 2. The maximum Gasteiger partial charge on any atom is 0.326 e. The van der Waals surface area contributed by atoms with Crippen LogP contribution in [0, 0.1) is 10.1 Å². The first-order valence-electron chi connectivity index (χ1n) is 5.74. The zero-order valence-corrected chi connectivity index (χ0v) is 10.5. The van der Waals surface area contributed by atoms with E-state index in [0.29, 0.717) is 0 Å². The Bertz CT molecular complexity index is 778. The Balaban J connectivity index is 2.72. The molecule has 0 bridgehead atoms. The lowest BCUT2D eigenvalue weighted by Crippen LogP contribution is -2.23. The Morgan fingerprint density at radius 2 is 2.10 bits per heavy atom. The number of aliphatic hydroxyl groups is 1. The topological polar surface area (TPSA) is 141 Å². The first-order chi connectivity index (χ1) is 9.42. The molecule has 106 valence electrons. The number of nitrogens with zero attached hydrogens (tertiary/aromatic N) is 1. The fourth-order valence-corrected chi connectivity index (χ4v) is 1.78. The van der Waals surface area contributed by atoms with Gasteiger partial charge in [-0.05, 0) is 13.0 Å². The van der Waals surface area contributed by atoms with E-state index in [4.69, 9.17) is 5.11 Å². The third-order valence-electron chi connectivity index (χ3n) is 2.73. The highest BCUT2D eigenvalue weighted by atomic mass is 16.6. The van der Waals surface area contributed by atoms with Gasteiger partial charge in [0.05, 0.1) is 22.4 Å². The van der Waals surface area contributed by atoms with Crippen molar-refractivity contribution in [3.8, 4) is 0 Å². The van der Waals surface area contributed by atoms with Gasteiger partial charge in [-0.2, -0.15) is 0 Å². The van der Waals surface area contributed by atoms with Crippen molar-refractivity contribution in [3.05, 3.63) is 43.1 Å². The number of aliphatic hydroxyl groups excluding tert-OH is 1. The maximum absolute atomic E-state index is 11.7. The van der Waals surface area contributed by atoms with Crippen LogP contribution >= 0.6 is 0 Å². The molecule has 1 heterocycles. The van der Waals surface area contributed by atoms with Gasteiger partial charge in [0.25, 0.3) is 11.2 Å². The second-order valence-corrected chi connectivity index (χ2v) is 4.31. The van der Waals surface area contributed by atoms with Gasteiger partial charge in [-0.1, -0.05) is 0 Å². The zero-order valence-electron chi connectivity index (χ0n) is 10.5. The third kappa shape index (κ3) is 2.52. The number of anilines is 1. The molecule has 4 N–H and O–H groups in total. The van der Waals surface area contributed by atoms with Crippen LogP contribution in [0.3, 0.4) is 0 Å². The highest BCUT2D eigenvalue weighted by molar-refractivity contribution is 5.86. The molecule has 0 amide bonds. The monoisotopic (exact) mass is 280 g/mol. The highest BCUT2D eigenvalue weighted by Gasteiger charge is 2.18. The predicted octanol–water partition coefficient (Wildman–Crippen LogP) is -0.0827. The smallest absolute Gasteiger partial charge is 0.326 e. The standard InChI is InChI=1S/C11H12N4O5/c1-5(4-16)12-8-2-6-7(3-9(8)15(19)20)13-11(18)14-10(6)17/h2-3,5,12,16H,4H2,1H3,(H2,13,14,17,18). The molecule has 2 aromatic rings. The van der Waals surface area contributed by atoms with Crippen molar-refractivity contribution in [1.29, 1.82) is 0 Å². The molecule has 0 saturated heterocycles. The molecular formula is C11H12N4O5. The van der Waals surface area contributed by atoms with Crippen molar-refractivity contribution in [2.45, 2.75) is 13.0 Å². The second-order valence-electron chi connectivity index (χ2n) is 4.31. The molecule has 0 saturated carbocycles. The van der Waals surface area contributed by atoms with Crippen LogP contribution in [0.5, 0.6) is 0 Å². The van der Waals surface area contributed by atoms with Crippen molar-refractivity contribution in [3.63, 3.8) is 0 Å². The number of nitro groups is 1. The summed E-state index contributed by atoms with van der Waals surface area (Å²) in [5, 5.41) is 22.9. The number of rotatable bonds is 4. The molecular weight excluding hydrogens is 268 g/mol. The molecule has 20 heavy (non-hydrogen) atoms. The summed E-state index contributed by atoms with van der Waals surface area (Å²) in [5.74, 6) is 0. The minimum Gasteiger partial charge on any atom is -0.394 e. The van der Waals surface area contributed by atoms with E-state index in [9.17, 15) is 19.7 Å². The highest BCUT2D eigenvalue weighted by Crippen LogP contribution is 2.28. The van der Waals surface area contributed by atoms with E-state index in [0.717, 1.165) is 6.07 Å². The third-order valence-corrected chi connectivity index (χ3v) is 2.73. The Labute approximate surface area is 111 Å². The first-order valence-corrected chi connectivity index (χ1v) is 5.74. The van der Waals surface area contributed by atoms with Crippen molar-refractivity contribution in [2.24, 2.45) is 0 Å². The number of nitro benzene ring substituents is 1. The molecule has 0 aliphatic heterocycles. The summed E-state index contributed by atoms with van der Waals surface area (Å²) in [5.41, 5.74) is -1.49. The average Bonchev–Trinajstić information content (AvgIpc) is 2.38. The van der Waals surface area contributed by atoms with Gasteiger partial charge < -0.3 is 15.4 Å². The van der Waals surface area contributed by atoms with Gasteiger partial charge in [0.15, 0.2) is 0 Å². The summed E-state index contributed by atoms with van der Waals surface area (Å²) in [6.07, 6.45) is 0. The molecule has 0 aliphatic rings. The van der Waals surface area contributed by atoms with E-state index >= 15 is 0 Å². The zero-order chi connectivity index (χ0) is 14.9. The summed E-state index contributed by atoms with van der Waals surface area (Å²) in [4.78, 5) is 37.6. The summed E-state index contributed by atoms with van der Waals surface area (Å²) in [6.45, 7) is 1.40. The van der Waals surface area contributed by atoms with Crippen LogP contribution in [-0.2, 0) is 0 Å². The van der Waals surface area contributed by atoms with Crippen molar-refractivity contribution in [2.75, 3.05) is 11.9 Å². The molecule has 1 unspecified atom stereocenters. The molecule has 2 rings (SSSR count). The summed E-state index contributed by atoms with van der Waals surface area (Å²) >= 11 is 0. The molecule has 1 aromatic carbocycles. The van der Waals surface area contributed by atoms with Crippen LogP contribution in [0.4, 0.5) is 11.4 Å². The van der Waals surface area contributed by atoms with E-state index in [1.54, 1.807) is 6.92 Å². The first kappa shape index (κ1) is 13.7.